The normalized spacial score (nSPS) is 11.3. The minimum absolute atomic E-state index is 0.0493. The molecule has 1 heterocycles. The monoisotopic (exact) mass is 257 g/mol. The van der Waals surface area contributed by atoms with E-state index in [1.165, 1.54) is 5.56 Å². The molecule has 0 aliphatic heterocycles. The number of nitrogens with two attached hydrogens (primary N) is 1. The van der Waals surface area contributed by atoms with E-state index >= 15 is 0 Å². The molecular weight excluding hydrogens is 242 g/mol. The Kier molecular flexibility index (Phi) is 3.97. The smallest absolute Gasteiger partial charge is 0.188 e. The lowest BCUT2D eigenvalue weighted by molar-refractivity contribution is 0.318. The molecule has 2 rings (SSSR count). The molecule has 0 saturated carbocycles. The molecule has 1 aromatic heterocycles. The van der Waals surface area contributed by atoms with Gasteiger partial charge in [0.2, 0.25) is 0 Å². The molecule has 2 aromatic rings. The summed E-state index contributed by atoms with van der Waals surface area (Å²) in [4.78, 5) is 3.98. The Balaban J connectivity index is 2.18. The van der Waals surface area contributed by atoms with Gasteiger partial charge in [0.15, 0.2) is 5.84 Å². The van der Waals surface area contributed by atoms with Crippen LogP contribution in [-0.2, 0) is 6.42 Å². The van der Waals surface area contributed by atoms with Crippen molar-refractivity contribution in [2.24, 2.45) is 10.9 Å². The van der Waals surface area contributed by atoms with Gasteiger partial charge in [-0.1, -0.05) is 24.2 Å². The summed E-state index contributed by atoms with van der Waals surface area (Å²) in [6.45, 7) is 2.10. The van der Waals surface area contributed by atoms with Crippen LogP contribution < -0.4 is 10.5 Å². The van der Waals surface area contributed by atoms with Crippen molar-refractivity contribution in [1.82, 2.24) is 4.98 Å². The summed E-state index contributed by atoms with van der Waals surface area (Å²) in [6, 6.07) is 11.2. The average Bonchev–Trinajstić information content (AvgIpc) is 2.47. The fourth-order valence-electron chi connectivity index (χ4n) is 1.60. The summed E-state index contributed by atoms with van der Waals surface area (Å²) < 4.78 is 5.68. The van der Waals surface area contributed by atoms with Gasteiger partial charge in [0.05, 0.1) is 0 Å². The number of aryl methyl sites for hydroxylation is 1. The van der Waals surface area contributed by atoms with E-state index in [2.05, 4.69) is 17.1 Å². The fourth-order valence-corrected chi connectivity index (χ4v) is 1.60. The first-order valence-corrected chi connectivity index (χ1v) is 5.93. The molecule has 0 aliphatic rings. The SMILES string of the molecule is CCc1ccc(Oc2ccnc(C(N)=NO)c2)cc1. The maximum atomic E-state index is 8.61. The molecule has 19 heavy (non-hydrogen) atoms. The lowest BCUT2D eigenvalue weighted by atomic mass is 10.2. The number of aromatic nitrogens is 1. The van der Waals surface area contributed by atoms with Crippen LogP contribution >= 0.6 is 0 Å². The van der Waals surface area contributed by atoms with Gasteiger partial charge in [0.1, 0.15) is 17.2 Å². The summed E-state index contributed by atoms with van der Waals surface area (Å²) in [6.07, 6.45) is 2.53. The number of amidine groups is 1. The van der Waals surface area contributed by atoms with E-state index in [1.807, 2.05) is 24.3 Å². The van der Waals surface area contributed by atoms with Gasteiger partial charge in [-0.05, 0) is 30.2 Å². The molecule has 0 unspecified atom stereocenters. The van der Waals surface area contributed by atoms with Crippen LogP contribution in [0.25, 0.3) is 0 Å². The zero-order chi connectivity index (χ0) is 13.7. The van der Waals surface area contributed by atoms with Crippen LogP contribution in [-0.4, -0.2) is 16.0 Å². The van der Waals surface area contributed by atoms with Gasteiger partial charge >= 0.3 is 0 Å². The molecule has 0 spiro atoms. The van der Waals surface area contributed by atoms with Crippen LogP contribution in [0.5, 0.6) is 11.5 Å². The Morgan fingerprint density at radius 1 is 1.26 bits per heavy atom. The first kappa shape index (κ1) is 12.9. The van der Waals surface area contributed by atoms with Crippen LogP contribution in [0.15, 0.2) is 47.8 Å². The van der Waals surface area contributed by atoms with Crippen LogP contribution in [0, 0.1) is 0 Å². The average molecular weight is 257 g/mol. The zero-order valence-electron chi connectivity index (χ0n) is 10.6. The lowest BCUT2D eigenvalue weighted by Crippen LogP contribution is -2.14. The molecule has 0 radical (unpaired) electrons. The van der Waals surface area contributed by atoms with E-state index in [0.29, 0.717) is 11.4 Å². The zero-order valence-corrected chi connectivity index (χ0v) is 10.6. The van der Waals surface area contributed by atoms with Gasteiger partial charge in [0, 0.05) is 12.3 Å². The fraction of sp³-hybridized carbons (Fsp3) is 0.143. The van der Waals surface area contributed by atoms with Crippen molar-refractivity contribution in [2.45, 2.75) is 13.3 Å². The second-order valence-electron chi connectivity index (χ2n) is 3.96. The standard InChI is InChI=1S/C14H15N3O2/c1-2-10-3-5-11(6-4-10)19-12-7-8-16-13(9-12)14(15)17-18/h3-9,18H,2H2,1H3,(H2,15,17). The highest BCUT2D eigenvalue weighted by Crippen LogP contribution is 2.21. The number of hydrogen-bond acceptors (Lipinski definition) is 4. The predicted octanol–water partition coefficient (Wildman–Crippen LogP) is 2.53. The number of ether oxygens (including phenoxy) is 1. The topological polar surface area (TPSA) is 80.7 Å². The van der Waals surface area contributed by atoms with E-state index in [9.17, 15) is 0 Å². The molecule has 1 aromatic carbocycles. The highest BCUT2D eigenvalue weighted by Gasteiger charge is 2.04. The molecule has 5 nitrogen and oxygen atoms in total. The molecule has 0 aliphatic carbocycles. The van der Waals surface area contributed by atoms with Crippen molar-refractivity contribution in [2.75, 3.05) is 0 Å². The molecule has 3 N–H and O–H groups in total. The maximum absolute atomic E-state index is 8.61. The number of benzene rings is 1. The second-order valence-corrected chi connectivity index (χ2v) is 3.96. The Bertz CT molecular complexity index is 579. The van der Waals surface area contributed by atoms with Crippen molar-refractivity contribution in [3.63, 3.8) is 0 Å². The highest BCUT2D eigenvalue weighted by atomic mass is 16.5. The van der Waals surface area contributed by atoms with Crippen LogP contribution in [0.1, 0.15) is 18.2 Å². The van der Waals surface area contributed by atoms with E-state index in [1.54, 1.807) is 18.3 Å². The van der Waals surface area contributed by atoms with Crippen molar-refractivity contribution >= 4 is 5.84 Å². The van der Waals surface area contributed by atoms with Crippen molar-refractivity contribution in [3.8, 4) is 11.5 Å². The third-order valence-corrected chi connectivity index (χ3v) is 2.67. The van der Waals surface area contributed by atoms with Crippen LogP contribution in [0.4, 0.5) is 0 Å². The Morgan fingerprint density at radius 3 is 2.63 bits per heavy atom. The van der Waals surface area contributed by atoms with E-state index in [-0.39, 0.29) is 5.84 Å². The van der Waals surface area contributed by atoms with Crippen molar-refractivity contribution in [3.05, 3.63) is 53.9 Å². The molecule has 0 atom stereocenters. The third kappa shape index (κ3) is 3.22. The molecular formula is C14H15N3O2. The van der Waals surface area contributed by atoms with Crippen molar-refractivity contribution < 1.29 is 9.94 Å². The first-order chi connectivity index (χ1) is 9.22. The van der Waals surface area contributed by atoms with E-state index < -0.39 is 0 Å². The molecule has 98 valence electrons. The summed E-state index contributed by atoms with van der Waals surface area (Å²) in [5, 5.41) is 11.5. The Labute approximate surface area is 111 Å². The van der Waals surface area contributed by atoms with Gasteiger partial charge in [-0.3, -0.25) is 4.98 Å². The van der Waals surface area contributed by atoms with Crippen LogP contribution in [0.2, 0.25) is 0 Å². The number of oxime groups is 1. The van der Waals surface area contributed by atoms with Gasteiger partial charge in [-0.15, -0.1) is 0 Å². The first-order valence-electron chi connectivity index (χ1n) is 5.93. The van der Waals surface area contributed by atoms with Gasteiger partial charge in [-0.2, -0.15) is 0 Å². The second kappa shape index (κ2) is 5.86. The molecule has 5 heteroatoms. The minimum Gasteiger partial charge on any atom is -0.457 e. The molecule has 0 bridgehead atoms. The summed E-state index contributed by atoms with van der Waals surface area (Å²) in [5.41, 5.74) is 7.09. The quantitative estimate of drug-likeness (QED) is 0.381. The predicted molar refractivity (Wildman–Crippen MR) is 72.6 cm³/mol. The molecule has 0 amide bonds. The molecule has 0 saturated heterocycles. The largest absolute Gasteiger partial charge is 0.457 e. The van der Waals surface area contributed by atoms with Gasteiger partial charge in [-0.25, -0.2) is 0 Å². The third-order valence-electron chi connectivity index (χ3n) is 2.67. The number of nitrogens with zero attached hydrogens (tertiary/aromatic N) is 2. The number of hydrogen-bond donors (Lipinski definition) is 2. The summed E-state index contributed by atoms with van der Waals surface area (Å²) in [7, 11) is 0. The molecule has 0 fully saturated rings. The Hall–Kier alpha value is -2.56. The Morgan fingerprint density at radius 2 is 2.00 bits per heavy atom. The lowest BCUT2D eigenvalue weighted by Gasteiger charge is -2.07. The van der Waals surface area contributed by atoms with Gasteiger partial charge < -0.3 is 15.7 Å². The summed E-state index contributed by atoms with van der Waals surface area (Å²) >= 11 is 0. The van der Waals surface area contributed by atoms with E-state index in [0.717, 1.165) is 12.2 Å². The van der Waals surface area contributed by atoms with Gasteiger partial charge in [0.25, 0.3) is 0 Å². The minimum atomic E-state index is -0.0493. The highest BCUT2D eigenvalue weighted by molar-refractivity contribution is 5.95. The summed E-state index contributed by atoms with van der Waals surface area (Å²) in [5.74, 6) is 1.27. The maximum Gasteiger partial charge on any atom is 0.188 e. The number of pyridine rings is 1. The number of rotatable bonds is 4. The van der Waals surface area contributed by atoms with Crippen molar-refractivity contribution in [1.29, 1.82) is 0 Å². The van der Waals surface area contributed by atoms with E-state index in [4.69, 9.17) is 15.7 Å². The van der Waals surface area contributed by atoms with Crippen LogP contribution in [0.3, 0.4) is 0 Å².